The Labute approximate surface area is 89.3 Å². The molecule has 2 rings (SSSR count). The number of sulfone groups is 1. The van der Waals surface area contributed by atoms with Gasteiger partial charge >= 0.3 is 0 Å². The summed E-state index contributed by atoms with van der Waals surface area (Å²) in [5.41, 5.74) is 0.944. The van der Waals surface area contributed by atoms with Crippen LogP contribution < -0.4 is 0 Å². The summed E-state index contributed by atoms with van der Waals surface area (Å²) in [5.74, 6) is -0.506. The highest BCUT2D eigenvalue weighted by atomic mass is 32.2. The van der Waals surface area contributed by atoms with Crippen molar-refractivity contribution in [2.45, 2.75) is 11.2 Å². The molecular formula is C11H11NO2S. The third-order valence-corrected chi connectivity index (χ3v) is 4.36. The quantitative estimate of drug-likeness (QED) is 0.757. The lowest BCUT2D eigenvalue weighted by Crippen LogP contribution is -2.06. The van der Waals surface area contributed by atoms with Crippen molar-refractivity contribution in [3.63, 3.8) is 0 Å². The van der Waals surface area contributed by atoms with Crippen molar-refractivity contribution < 1.29 is 8.42 Å². The first-order valence-corrected chi connectivity index (χ1v) is 6.64. The zero-order valence-electron chi connectivity index (χ0n) is 8.29. The van der Waals surface area contributed by atoms with Gasteiger partial charge < -0.3 is 0 Å². The van der Waals surface area contributed by atoms with Crippen LogP contribution in [0.5, 0.6) is 0 Å². The summed E-state index contributed by atoms with van der Waals surface area (Å²) in [6.07, 6.45) is 1.20. The van der Waals surface area contributed by atoms with E-state index in [1.54, 1.807) is 0 Å². The SMILES string of the molecule is CS(=O)(=O)[C@@H]1[C@H](C#N)[C@H]1c1ccccc1. The molecule has 4 heteroatoms. The molecular weight excluding hydrogens is 210 g/mol. The normalized spacial score (nSPS) is 29.5. The van der Waals surface area contributed by atoms with Gasteiger partial charge in [-0.15, -0.1) is 0 Å². The third kappa shape index (κ3) is 1.75. The zero-order chi connectivity index (χ0) is 11.1. The number of nitrogens with zero attached hydrogens (tertiary/aromatic N) is 1. The van der Waals surface area contributed by atoms with Gasteiger partial charge in [0.2, 0.25) is 0 Å². The lowest BCUT2D eigenvalue weighted by atomic mass is 10.1. The van der Waals surface area contributed by atoms with Crippen LogP contribution in [0.4, 0.5) is 0 Å². The van der Waals surface area contributed by atoms with E-state index in [4.69, 9.17) is 5.26 Å². The smallest absolute Gasteiger partial charge is 0.152 e. The van der Waals surface area contributed by atoms with Crippen LogP contribution >= 0.6 is 0 Å². The van der Waals surface area contributed by atoms with Crippen LogP contribution in [-0.2, 0) is 9.84 Å². The van der Waals surface area contributed by atoms with Crippen LogP contribution in [0.2, 0.25) is 0 Å². The fraction of sp³-hybridized carbons (Fsp3) is 0.364. The minimum Gasteiger partial charge on any atom is -0.229 e. The van der Waals surface area contributed by atoms with E-state index in [9.17, 15) is 8.42 Å². The number of nitriles is 1. The van der Waals surface area contributed by atoms with E-state index in [0.29, 0.717) is 0 Å². The maximum atomic E-state index is 11.4. The molecule has 15 heavy (non-hydrogen) atoms. The zero-order valence-corrected chi connectivity index (χ0v) is 9.11. The predicted octanol–water partition coefficient (Wildman–Crippen LogP) is 1.34. The van der Waals surface area contributed by atoms with Crippen molar-refractivity contribution in [2.24, 2.45) is 5.92 Å². The topological polar surface area (TPSA) is 57.9 Å². The Morgan fingerprint density at radius 3 is 2.27 bits per heavy atom. The second-order valence-electron chi connectivity index (χ2n) is 3.89. The van der Waals surface area contributed by atoms with Crippen LogP contribution in [0.3, 0.4) is 0 Å². The van der Waals surface area contributed by atoms with Gasteiger partial charge in [0.25, 0.3) is 0 Å². The Kier molecular flexibility index (Phi) is 2.28. The van der Waals surface area contributed by atoms with Gasteiger partial charge in [-0.05, 0) is 5.56 Å². The molecule has 0 heterocycles. The highest BCUT2D eigenvalue weighted by molar-refractivity contribution is 7.91. The second kappa shape index (κ2) is 3.35. The second-order valence-corrected chi connectivity index (χ2v) is 6.09. The van der Waals surface area contributed by atoms with Crippen molar-refractivity contribution in [3.8, 4) is 6.07 Å². The third-order valence-electron chi connectivity index (χ3n) is 2.78. The lowest BCUT2D eigenvalue weighted by Gasteiger charge is -1.97. The minimum atomic E-state index is -3.11. The molecule has 3 atom stereocenters. The molecule has 3 nitrogen and oxygen atoms in total. The first-order valence-electron chi connectivity index (χ1n) is 4.69. The number of hydrogen-bond acceptors (Lipinski definition) is 3. The van der Waals surface area contributed by atoms with E-state index in [-0.39, 0.29) is 11.8 Å². The minimum absolute atomic E-state index is 0.133. The summed E-state index contributed by atoms with van der Waals surface area (Å²) in [7, 11) is -3.11. The Balaban J connectivity index is 2.32. The van der Waals surface area contributed by atoms with Gasteiger partial charge in [-0.1, -0.05) is 30.3 Å². The summed E-state index contributed by atoms with van der Waals surface area (Å²) < 4.78 is 22.8. The molecule has 1 fully saturated rings. The molecule has 0 spiro atoms. The molecule has 0 bridgehead atoms. The van der Waals surface area contributed by atoms with Gasteiger partial charge in [-0.2, -0.15) is 5.26 Å². The van der Waals surface area contributed by atoms with Gasteiger partial charge in [0.15, 0.2) is 9.84 Å². The number of rotatable bonds is 2. The average Bonchev–Trinajstić information content (AvgIpc) is 2.92. The molecule has 0 unspecified atom stereocenters. The Morgan fingerprint density at radius 1 is 1.27 bits per heavy atom. The van der Waals surface area contributed by atoms with E-state index in [0.717, 1.165) is 5.56 Å². The Morgan fingerprint density at radius 2 is 1.87 bits per heavy atom. The van der Waals surface area contributed by atoms with Crippen molar-refractivity contribution in [3.05, 3.63) is 35.9 Å². The van der Waals surface area contributed by atoms with Crippen molar-refractivity contribution in [2.75, 3.05) is 6.26 Å². The summed E-state index contributed by atoms with van der Waals surface area (Å²) in [6, 6.07) is 11.4. The number of hydrogen-bond donors (Lipinski definition) is 0. The van der Waals surface area contributed by atoms with Gasteiger partial charge in [0.1, 0.15) is 0 Å². The first-order chi connectivity index (χ1) is 7.05. The molecule has 1 aromatic carbocycles. The van der Waals surface area contributed by atoms with Crippen LogP contribution in [0.1, 0.15) is 11.5 Å². The molecule has 1 saturated carbocycles. The largest absolute Gasteiger partial charge is 0.229 e. The Hall–Kier alpha value is -1.34. The van der Waals surface area contributed by atoms with Gasteiger partial charge in [-0.25, -0.2) is 8.42 Å². The Bertz CT molecular complexity index is 501. The first kappa shape index (κ1) is 10.2. The summed E-state index contributed by atoms with van der Waals surface area (Å²) in [4.78, 5) is 0. The monoisotopic (exact) mass is 221 g/mol. The molecule has 1 aliphatic rings. The lowest BCUT2D eigenvalue weighted by molar-refractivity contribution is 0.599. The molecule has 0 amide bonds. The van der Waals surface area contributed by atoms with Crippen LogP contribution in [0.25, 0.3) is 0 Å². The highest BCUT2D eigenvalue weighted by Gasteiger charge is 2.57. The van der Waals surface area contributed by atoms with Crippen molar-refractivity contribution in [1.29, 1.82) is 5.26 Å². The molecule has 1 aliphatic carbocycles. The fourth-order valence-corrected chi connectivity index (χ4v) is 3.57. The van der Waals surface area contributed by atoms with Crippen molar-refractivity contribution >= 4 is 9.84 Å². The van der Waals surface area contributed by atoms with Gasteiger partial charge in [-0.3, -0.25) is 0 Å². The molecule has 78 valence electrons. The maximum absolute atomic E-state index is 11.4. The molecule has 0 radical (unpaired) electrons. The molecule has 0 aromatic heterocycles. The summed E-state index contributed by atoms with van der Waals surface area (Å²) >= 11 is 0. The summed E-state index contributed by atoms with van der Waals surface area (Å²) in [5, 5.41) is 8.35. The van der Waals surface area contributed by atoms with E-state index < -0.39 is 15.1 Å². The van der Waals surface area contributed by atoms with Crippen LogP contribution in [0, 0.1) is 17.2 Å². The standard InChI is InChI=1S/C11H11NO2S/c1-15(13,14)11-9(7-12)10(11)8-5-3-2-4-6-8/h2-6,9-11H,1H3/t9-,10-,11-/m1/s1. The average molecular weight is 221 g/mol. The maximum Gasteiger partial charge on any atom is 0.152 e. The van der Waals surface area contributed by atoms with E-state index in [2.05, 4.69) is 6.07 Å². The predicted molar refractivity (Wildman–Crippen MR) is 56.9 cm³/mol. The van der Waals surface area contributed by atoms with E-state index in [1.165, 1.54) is 6.26 Å². The van der Waals surface area contributed by atoms with E-state index in [1.807, 2.05) is 30.3 Å². The van der Waals surface area contributed by atoms with Gasteiger partial charge in [0.05, 0.1) is 17.2 Å². The fourth-order valence-electron chi connectivity index (χ4n) is 2.04. The van der Waals surface area contributed by atoms with Crippen LogP contribution in [-0.4, -0.2) is 19.9 Å². The molecule has 1 aromatic rings. The van der Waals surface area contributed by atoms with E-state index >= 15 is 0 Å². The molecule has 0 saturated heterocycles. The van der Waals surface area contributed by atoms with Crippen LogP contribution in [0.15, 0.2) is 30.3 Å². The van der Waals surface area contributed by atoms with Crippen molar-refractivity contribution in [1.82, 2.24) is 0 Å². The highest BCUT2D eigenvalue weighted by Crippen LogP contribution is 2.51. The summed E-state index contributed by atoms with van der Waals surface area (Å²) in [6.45, 7) is 0. The van der Waals surface area contributed by atoms with Gasteiger partial charge in [0, 0.05) is 12.2 Å². The molecule has 0 aliphatic heterocycles. The molecule has 0 N–H and O–H groups in total. The number of benzene rings is 1.